The molecule has 2 N–H and O–H groups in total. The standard InChI is InChI=1S/C23H38N2O5/c1-21(2,3)30-19(26)24-17-6-7-25(13-17)20(27)29-18-15-8-14-9-16(18)12-23(10-14,11-15)22(4,5)28/h14-18,28H,6-13H2,1-5H3,(H,24,26)/t14?,15?,16?,17-,18?,23?/m1/s1. The van der Waals surface area contributed by atoms with Gasteiger partial charge in [-0.2, -0.15) is 0 Å². The fraction of sp³-hybridized carbons (Fsp3) is 0.913. The zero-order valence-electron chi connectivity index (χ0n) is 19.1. The van der Waals surface area contributed by atoms with Gasteiger partial charge in [-0.25, -0.2) is 9.59 Å². The number of nitrogens with zero attached hydrogens (tertiary/aromatic N) is 1. The van der Waals surface area contributed by atoms with Crippen molar-refractivity contribution in [1.29, 1.82) is 0 Å². The number of hydrogen-bond donors (Lipinski definition) is 2. The number of nitrogens with one attached hydrogen (secondary N) is 1. The van der Waals surface area contributed by atoms with Crippen molar-refractivity contribution in [1.82, 2.24) is 10.2 Å². The molecular weight excluding hydrogens is 384 g/mol. The van der Waals surface area contributed by atoms with Gasteiger partial charge >= 0.3 is 12.2 Å². The van der Waals surface area contributed by atoms with E-state index in [0.717, 1.165) is 32.1 Å². The summed E-state index contributed by atoms with van der Waals surface area (Å²) in [7, 11) is 0. The van der Waals surface area contributed by atoms with Crippen LogP contribution in [-0.4, -0.2) is 58.6 Å². The van der Waals surface area contributed by atoms with Crippen LogP contribution in [0.2, 0.25) is 0 Å². The van der Waals surface area contributed by atoms with E-state index in [9.17, 15) is 14.7 Å². The highest BCUT2D eigenvalue weighted by atomic mass is 16.6. The highest BCUT2D eigenvalue weighted by molar-refractivity contribution is 5.70. The average molecular weight is 423 g/mol. The zero-order valence-corrected chi connectivity index (χ0v) is 19.1. The molecule has 0 spiro atoms. The third-order valence-electron chi connectivity index (χ3n) is 7.89. The number of carbonyl (C=O) groups excluding carboxylic acids is 2. The van der Waals surface area contributed by atoms with Crippen molar-refractivity contribution in [3.63, 3.8) is 0 Å². The summed E-state index contributed by atoms with van der Waals surface area (Å²) < 4.78 is 11.4. The maximum absolute atomic E-state index is 12.9. The van der Waals surface area contributed by atoms with Crippen molar-refractivity contribution in [2.75, 3.05) is 13.1 Å². The van der Waals surface area contributed by atoms with E-state index >= 15 is 0 Å². The average Bonchev–Trinajstić information content (AvgIpc) is 3.03. The van der Waals surface area contributed by atoms with Crippen molar-refractivity contribution in [2.24, 2.45) is 23.2 Å². The summed E-state index contributed by atoms with van der Waals surface area (Å²) in [6.07, 6.45) is 5.17. The number of rotatable bonds is 3. The number of likely N-dealkylation sites (tertiary alicyclic amines) is 1. The van der Waals surface area contributed by atoms with Gasteiger partial charge in [0.05, 0.1) is 11.6 Å². The van der Waals surface area contributed by atoms with Gasteiger partial charge in [-0.15, -0.1) is 0 Å². The second-order valence-corrected chi connectivity index (χ2v) is 11.7. The Morgan fingerprint density at radius 2 is 1.70 bits per heavy atom. The summed E-state index contributed by atoms with van der Waals surface area (Å²) in [6.45, 7) is 10.4. The Morgan fingerprint density at radius 3 is 2.27 bits per heavy atom. The molecule has 2 unspecified atom stereocenters. The molecule has 30 heavy (non-hydrogen) atoms. The zero-order chi connectivity index (χ0) is 21.9. The van der Waals surface area contributed by atoms with E-state index in [1.54, 1.807) is 4.90 Å². The molecule has 4 aliphatic carbocycles. The highest BCUT2D eigenvalue weighted by Gasteiger charge is 2.61. The number of alkyl carbamates (subject to hydrolysis) is 1. The van der Waals surface area contributed by atoms with Crippen LogP contribution >= 0.6 is 0 Å². The minimum atomic E-state index is -0.687. The van der Waals surface area contributed by atoms with Gasteiger partial charge in [0.15, 0.2) is 0 Å². The Labute approximate surface area is 179 Å². The van der Waals surface area contributed by atoms with Crippen molar-refractivity contribution in [3.05, 3.63) is 0 Å². The molecule has 1 saturated heterocycles. The van der Waals surface area contributed by atoms with Gasteiger partial charge in [0.2, 0.25) is 0 Å². The number of ether oxygens (including phenoxy) is 2. The SMILES string of the molecule is CC(C)(C)OC(=O)N[C@@H]1CCN(C(=O)OC2C3CC4CC2CC(C(C)(C)O)(C4)C3)C1. The van der Waals surface area contributed by atoms with Crippen LogP contribution in [0.5, 0.6) is 0 Å². The molecule has 0 radical (unpaired) electrons. The molecule has 3 atom stereocenters. The maximum Gasteiger partial charge on any atom is 0.410 e. The lowest BCUT2D eigenvalue weighted by atomic mass is 9.45. The molecule has 4 bridgehead atoms. The van der Waals surface area contributed by atoms with Gasteiger partial charge < -0.3 is 24.8 Å². The Bertz CT molecular complexity index is 679. The van der Waals surface area contributed by atoms with Gasteiger partial charge in [0.25, 0.3) is 0 Å². The Kier molecular flexibility index (Phi) is 5.27. The van der Waals surface area contributed by atoms with Gasteiger partial charge in [-0.3, -0.25) is 0 Å². The number of hydrogen-bond acceptors (Lipinski definition) is 5. The predicted octanol–water partition coefficient (Wildman–Crippen LogP) is 3.69. The molecule has 2 amide bonds. The summed E-state index contributed by atoms with van der Waals surface area (Å²) in [6, 6.07) is -0.107. The van der Waals surface area contributed by atoms with Crippen molar-refractivity contribution >= 4 is 12.2 Å². The van der Waals surface area contributed by atoms with Gasteiger partial charge in [0.1, 0.15) is 11.7 Å². The van der Waals surface area contributed by atoms with Crippen LogP contribution in [-0.2, 0) is 9.47 Å². The first-order valence-electron chi connectivity index (χ1n) is 11.5. The first-order chi connectivity index (χ1) is 13.9. The molecule has 170 valence electrons. The second-order valence-electron chi connectivity index (χ2n) is 11.7. The van der Waals surface area contributed by atoms with E-state index in [4.69, 9.17) is 9.47 Å². The quantitative estimate of drug-likeness (QED) is 0.724. The van der Waals surface area contributed by atoms with Crippen LogP contribution in [0.3, 0.4) is 0 Å². The third-order valence-corrected chi connectivity index (χ3v) is 7.89. The lowest BCUT2D eigenvalue weighted by molar-refractivity contribution is -0.200. The van der Waals surface area contributed by atoms with Crippen molar-refractivity contribution in [2.45, 2.75) is 96.5 Å². The van der Waals surface area contributed by atoms with E-state index in [1.807, 2.05) is 34.6 Å². The molecule has 4 saturated carbocycles. The van der Waals surface area contributed by atoms with Crippen LogP contribution in [0.15, 0.2) is 0 Å². The summed E-state index contributed by atoms with van der Waals surface area (Å²) in [4.78, 5) is 26.6. The minimum absolute atomic E-state index is 0.0253. The fourth-order valence-corrected chi connectivity index (χ4v) is 6.63. The fourth-order valence-electron chi connectivity index (χ4n) is 6.63. The lowest BCUT2D eigenvalue weighted by Gasteiger charge is -2.62. The van der Waals surface area contributed by atoms with Crippen molar-refractivity contribution in [3.8, 4) is 0 Å². The molecule has 1 heterocycles. The first kappa shape index (κ1) is 21.7. The van der Waals surface area contributed by atoms with Crippen LogP contribution in [0.25, 0.3) is 0 Å². The molecule has 5 fully saturated rings. The summed E-state index contributed by atoms with van der Waals surface area (Å²) in [5.74, 6) is 1.35. The molecule has 5 aliphatic rings. The molecule has 1 aliphatic heterocycles. The highest BCUT2D eigenvalue weighted by Crippen LogP contribution is 2.64. The van der Waals surface area contributed by atoms with Gasteiger partial charge in [0, 0.05) is 13.1 Å². The van der Waals surface area contributed by atoms with Crippen molar-refractivity contribution < 1.29 is 24.2 Å². The number of aliphatic hydroxyl groups is 1. The van der Waals surface area contributed by atoms with E-state index in [-0.39, 0.29) is 23.7 Å². The molecule has 7 nitrogen and oxygen atoms in total. The van der Waals surface area contributed by atoms with E-state index in [1.165, 1.54) is 0 Å². The largest absolute Gasteiger partial charge is 0.446 e. The molecular formula is C23H38N2O5. The predicted molar refractivity (Wildman–Crippen MR) is 112 cm³/mol. The number of amides is 2. The minimum Gasteiger partial charge on any atom is -0.446 e. The van der Waals surface area contributed by atoms with E-state index < -0.39 is 17.3 Å². The molecule has 0 aromatic heterocycles. The van der Waals surface area contributed by atoms with Gasteiger partial charge in [-0.05, 0) is 96.3 Å². The topological polar surface area (TPSA) is 88.1 Å². The van der Waals surface area contributed by atoms with E-state index in [0.29, 0.717) is 37.3 Å². The van der Waals surface area contributed by atoms with Crippen LogP contribution in [0.4, 0.5) is 9.59 Å². The number of carbonyl (C=O) groups is 2. The Balaban J connectivity index is 1.32. The van der Waals surface area contributed by atoms with Crippen LogP contribution < -0.4 is 5.32 Å². The monoisotopic (exact) mass is 422 g/mol. The summed E-state index contributed by atoms with van der Waals surface area (Å²) in [5, 5.41) is 13.7. The Hall–Kier alpha value is -1.50. The molecule has 5 rings (SSSR count). The van der Waals surface area contributed by atoms with Gasteiger partial charge in [-0.1, -0.05) is 0 Å². The maximum atomic E-state index is 12.9. The molecule has 0 aromatic rings. The molecule has 0 aromatic carbocycles. The second kappa shape index (κ2) is 7.28. The normalized spacial score (nSPS) is 37.9. The lowest BCUT2D eigenvalue weighted by Crippen LogP contribution is -2.61. The third kappa shape index (κ3) is 4.14. The first-order valence-corrected chi connectivity index (χ1v) is 11.5. The smallest absolute Gasteiger partial charge is 0.410 e. The molecule has 7 heteroatoms. The van der Waals surface area contributed by atoms with E-state index in [2.05, 4.69) is 5.32 Å². The van der Waals surface area contributed by atoms with Crippen LogP contribution in [0.1, 0.15) is 73.1 Å². The summed E-state index contributed by atoms with van der Waals surface area (Å²) in [5.41, 5.74) is -1.25. The van der Waals surface area contributed by atoms with Crippen LogP contribution in [0, 0.1) is 23.2 Å². The Morgan fingerprint density at radius 1 is 1.07 bits per heavy atom. The summed E-state index contributed by atoms with van der Waals surface area (Å²) >= 11 is 0.